The minimum Gasteiger partial charge on any atom is -0.500 e. The Morgan fingerprint density at radius 2 is 2.16 bits per heavy atom. The van der Waals surface area contributed by atoms with Gasteiger partial charge in [0.05, 0.1) is 12.9 Å². The largest absolute Gasteiger partial charge is 0.500 e. The third kappa shape index (κ3) is 4.20. The molecule has 1 aliphatic heterocycles. The first-order valence-corrected chi connectivity index (χ1v) is 8.27. The number of hydrogen-bond donors (Lipinski definition) is 0. The van der Waals surface area contributed by atoms with Crippen LogP contribution in [0.3, 0.4) is 0 Å². The molecule has 1 aliphatic rings. The van der Waals surface area contributed by atoms with E-state index in [-0.39, 0.29) is 5.41 Å². The Balaban J connectivity index is 1.90. The minimum atomic E-state index is -0.660. The average Bonchev–Trinajstić information content (AvgIpc) is 2.39. The van der Waals surface area contributed by atoms with Crippen molar-refractivity contribution in [2.45, 2.75) is 26.7 Å². The molecule has 0 bridgehead atoms. The summed E-state index contributed by atoms with van der Waals surface area (Å²) in [7, 11) is -0.660. The van der Waals surface area contributed by atoms with Gasteiger partial charge < -0.3 is 4.74 Å². The smallest absolute Gasteiger partial charge is 0.0935 e. The fourth-order valence-corrected chi connectivity index (χ4v) is 4.06. The molecule has 19 heavy (non-hydrogen) atoms. The van der Waals surface area contributed by atoms with Crippen molar-refractivity contribution in [1.82, 2.24) is 0 Å². The van der Waals surface area contributed by atoms with Crippen LogP contribution in [0.5, 0.6) is 0 Å². The van der Waals surface area contributed by atoms with Gasteiger partial charge in [0.1, 0.15) is 0 Å². The van der Waals surface area contributed by atoms with E-state index in [1.807, 2.05) is 24.5 Å². The maximum atomic E-state index is 11.6. The highest BCUT2D eigenvalue weighted by molar-refractivity contribution is 7.85. The summed E-state index contributed by atoms with van der Waals surface area (Å²) in [4.78, 5) is 0. The molecule has 0 radical (unpaired) electrons. The second-order valence-electron chi connectivity index (χ2n) is 5.68. The van der Waals surface area contributed by atoms with Crippen LogP contribution in [0.15, 0.2) is 36.6 Å². The Morgan fingerprint density at radius 3 is 2.84 bits per heavy atom. The molecule has 0 aliphatic carbocycles. The van der Waals surface area contributed by atoms with Crippen LogP contribution in [-0.4, -0.2) is 22.3 Å². The summed E-state index contributed by atoms with van der Waals surface area (Å²) in [5.74, 6) is 1.62. The molecule has 104 valence electrons. The van der Waals surface area contributed by atoms with Crippen LogP contribution < -0.4 is 0 Å². The SMILES string of the molecule is C/C(=C/OCC1(C)CCCS(=O)C1)c1ccccc1. The Hall–Kier alpha value is -1.09. The molecular formula is C16H22O2S. The van der Waals surface area contributed by atoms with Crippen LogP contribution in [0.1, 0.15) is 32.3 Å². The van der Waals surface area contributed by atoms with Gasteiger partial charge in [-0.05, 0) is 30.9 Å². The number of allylic oxidation sites excluding steroid dienone is 1. The zero-order valence-electron chi connectivity index (χ0n) is 11.7. The molecule has 1 heterocycles. The molecule has 2 unspecified atom stereocenters. The third-order valence-corrected chi connectivity index (χ3v) is 5.35. The van der Waals surface area contributed by atoms with E-state index in [0.717, 1.165) is 29.9 Å². The predicted molar refractivity (Wildman–Crippen MR) is 81.3 cm³/mol. The summed E-state index contributed by atoms with van der Waals surface area (Å²) in [5, 5.41) is 0. The van der Waals surface area contributed by atoms with Gasteiger partial charge in [0.25, 0.3) is 0 Å². The summed E-state index contributed by atoms with van der Waals surface area (Å²) < 4.78 is 17.4. The Labute approximate surface area is 118 Å². The highest BCUT2D eigenvalue weighted by Gasteiger charge is 2.31. The van der Waals surface area contributed by atoms with E-state index in [9.17, 15) is 4.21 Å². The van der Waals surface area contributed by atoms with E-state index >= 15 is 0 Å². The van der Waals surface area contributed by atoms with Crippen molar-refractivity contribution >= 4 is 16.4 Å². The van der Waals surface area contributed by atoms with Gasteiger partial charge in [-0.15, -0.1) is 0 Å². The molecule has 1 saturated heterocycles. The lowest BCUT2D eigenvalue weighted by molar-refractivity contribution is 0.130. The predicted octanol–water partition coefficient (Wildman–Crippen LogP) is 3.61. The molecule has 0 spiro atoms. The molecule has 0 amide bonds. The van der Waals surface area contributed by atoms with Crippen molar-refractivity contribution in [3.05, 3.63) is 42.2 Å². The van der Waals surface area contributed by atoms with Gasteiger partial charge in [-0.2, -0.15) is 0 Å². The van der Waals surface area contributed by atoms with E-state index < -0.39 is 10.8 Å². The maximum Gasteiger partial charge on any atom is 0.0935 e. The van der Waals surface area contributed by atoms with Gasteiger partial charge in [-0.1, -0.05) is 37.3 Å². The lowest BCUT2D eigenvalue weighted by Crippen LogP contribution is -2.34. The first kappa shape index (κ1) is 14.3. The number of hydrogen-bond acceptors (Lipinski definition) is 2. The van der Waals surface area contributed by atoms with Crippen molar-refractivity contribution in [1.29, 1.82) is 0 Å². The lowest BCUT2D eigenvalue weighted by Gasteiger charge is -2.32. The topological polar surface area (TPSA) is 26.3 Å². The first-order chi connectivity index (χ1) is 9.09. The fourth-order valence-electron chi connectivity index (χ4n) is 2.44. The molecule has 3 heteroatoms. The molecular weight excluding hydrogens is 256 g/mol. The van der Waals surface area contributed by atoms with Gasteiger partial charge >= 0.3 is 0 Å². The molecule has 0 N–H and O–H groups in total. The van der Waals surface area contributed by atoms with Crippen LogP contribution >= 0.6 is 0 Å². The summed E-state index contributed by atoms with van der Waals surface area (Å²) >= 11 is 0. The first-order valence-electron chi connectivity index (χ1n) is 6.78. The lowest BCUT2D eigenvalue weighted by atomic mass is 9.88. The second kappa shape index (κ2) is 6.38. The van der Waals surface area contributed by atoms with Crippen LogP contribution in [0, 0.1) is 5.41 Å². The van der Waals surface area contributed by atoms with Gasteiger partial charge in [0, 0.05) is 27.7 Å². The zero-order chi connectivity index (χ0) is 13.7. The maximum absolute atomic E-state index is 11.6. The Kier molecular flexibility index (Phi) is 4.81. The Bertz CT molecular complexity index is 467. The standard InChI is InChI=1S/C16H22O2S/c1-14(15-7-4-3-5-8-15)11-18-12-16(2)9-6-10-19(17)13-16/h3-5,7-8,11H,6,9-10,12-13H2,1-2H3/b14-11-. The minimum absolute atomic E-state index is 0.0661. The molecule has 2 atom stereocenters. The summed E-state index contributed by atoms with van der Waals surface area (Å²) in [6.45, 7) is 4.88. The van der Waals surface area contributed by atoms with Gasteiger partial charge in [-0.3, -0.25) is 4.21 Å². The van der Waals surface area contributed by atoms with Crippen molar-refractivity contribution in [3.63, 3.8) is 0 Å². The molecule has 2 nitrogen and oxygen atoms in total. The second-order valence-corrected chi connectivity index (χ2v) is 7.26. The van der Waals surface area contributed by atoms with E-state index in [2.05, 4.69) is 26.0 Å². The van der Waals surface area contributed by atoms with Crippen LogP contribution in [0.25, 0.3) is 5.57 Å². The summed E-state index contributed by atoms with van der Waals surface area (Å²) in [6.07, 6.45) is 3.99. The number of rotatable bonds is 4. The number of benzene rings is 1. The van der Waals surface area contributed by atoms with E-state index in [1.165, 1.54) is 5.56 Å². The van der Waals surface area contributed by atoms with Crippen molar-refractivity contribution in [3.8, 4) is 0 Å². The van der Waals surface area contributed by atoms with E-state index in [0.29, 0.717) is 6.61 Å². The van der Waals surface area contributed by atoms with E-state index in [4.69, 9.17) is 4.74 Å². The molecule has 1 aromatic rings. The zero-order valence-corrected chi connectivity index (χ0v) is 12.5. The number of ether oxygens (including phenoxy) is 1. The molecule has 1 fully saturated rings. The van der Waals surface area contributed by atoms with Gasteiger partial charge in [0.2, 0.25) is 0 Å². The molecule has 0 aromatic heterocycles. The molecule has 1 aromatic carbocycles. The monoisotopic (exact) mass is 278 g/mol. The fraction of sp³-hybridized carbons (Fsp3) is 0.500. The molecule has 2 rings (SSSR count). The average molecular weight is 278 g/mol. The summed E-state index contributed by atoms with van der Waals surface area (Å²) in [5.41, 5.74) is 2.37. The van der Waals surface area contributed by atoms with Crippen LogP contribution in [-0.2, 0) is 15.5 Å². The van der Waals surface area contributed by atoms with Gasteiger partial charge in [0.15, 0.2) is 0 Å². The molecule has 0 saturated carbocycles. The third-order valence-electron chi connectivity index (χ3n) is 3.58. The van der Waals surface area contributed by atoms with Crippen LogP contribution in [0.4, 0.5) is 0 Å². The van der Waals surface area contributed by atoms with Crippen molar-refractivity contribution in [2.24, 2.45) is 5.41 Å². The quantitative estimate of drug-likeness (QED) is 0.786. The van der Waals surface area contributed by atoms with E-state index in [1.54, 1.807) is 0 Å². The summed E-state index contributed by atoms with van der Waals surface area (Å²) in [6, 6.07) is 10.2. The van der Waals surface area contributed by atoms with Crippen molar-refractivity contribution in [2.75, 3.05) is 18.1 Å². The van der Waals surface area contributed by atoms with Gasteiger partial charge in [-0.25, -0.2) is 0 Å². The Morgan fingerprint density at radius 1 is 1.42 bits per heavy atom. The highest BCUT2D eigenvalue weighted by Crippen LogP contribution is 2.30. The van der Waals surface area contributed by atoms with Crippen LogP contribution in [0.2, 0.25) is 0 Å². The van der Waals surface area contributed by atoms with Crippen molar-refractivity contribution < 1.29 is 8.95 Å². The highest BCUT2D eigenvalue weighted by atomic mass is 32.2. The normalized spacial score (nSPS) is 28.1.